The van der Waals surface area contributed by atoms with Crippen molar-refractivity contribution in [2.75, 3.05) is 13.2 Å². The monoisotopic (exact) mass is 1220 g/mol. The molecule has 87 heavy (non-hydrogen) atoms. The molecule has 0 aliphatic rings. The molecule has 6 nitrogen and oxygen atoms in total. The highest BCUT2D eigenvalue weighted by atomic mass is 16.5. The summed E-state index contributed by atoms with van der Waals surface area (Å²) in [6, 6.07) is -0.541. The van der Waals surface area contributed by atoms with E-state index in [1.807, 2.05) is 0 Å². The zero-order chi connectivity index (χ0) is 62.8. The number of hydrogen-bond acceptors (Lipinski definition) is 5. The minimum absolute atomic E-state index is 0.0175. The molecule has 0 aliphatic carbocycles. The van der Waals surface area contributed by atoms with Crippen molar-refractivity contribution in [2.24, 2.45) is 0 Å². The van der Waals surface area contributed by atoms with E-state index in [2.05, 4.69) is 43.5 Å². The molecule has 0 spiro atoms. The summed E-state index contributed by atoms with van der Waals surface area (Å²) in [5.41, 5.74) is 0. The van der Waals surface area contributed by atoms with Gasteiger partial charge in [0.25, 0.3) is 0 Å². The van der Waals surface area contributed by atoms with Gasteiger partial charge in [0.2, 0.25) is 5.91 Å². The molecule has 0 bridgehead atoms. The third kappa shape index (κ3) is 73.3. The number of aliphatic hydroxyl groups excluding tert-OH is 2. The Hall–Kier alpha value is -1.66. The van der Waals surface area contributed by atoms with Gasteiger partial charge in [0.05, 0.1) is 25.4 Å². The molecule has 0 aromatic heterocycles. The SMILES string of the molecule is CCCCCCCCCCCCCCCCCCCCCCCCCC(O)C(CO)NC(=O)CCCCCCCCCCCCCCCCCCC/C=C\C/C=C\CCCCCCCCCCCOC(=O)CCCCCCCCCCCCCCCC. The minimum atomic E-state index is -0.664. The van der Waals surface area contributed by atoms with Crippen molar-refractivity contribution in [2.45, 2.75) is 469 Å². The fraction of sp³-hybridized carbons (Fsp3) is 0.926. The van der Waals surface area contributed by atoms with E-state index in [0.29, 0.717) is 25.9 Å². The maximum atomic E-state index is 12.6. The first-order valence-corrected chi connectivity index (χ1v) is 40.1. The normalized spacial score (nSPS) is 12.6. The predicted molar refractivity (Wildman–Crippen MR) is 384 cm³/mol. The summed E-state index contributed by atoms with van der Waals surface area (Å²) >= 11 is 0. The summed E-state index contributed by atoms with van der Waals surface area (Å²) in [4.78, 5) is 24.6. The lowest BCUT2D eigenvalue weighted by Gasteiger charge is -2.22. The standard InChI is InChI=1S/C81H157NO5/c1-3-5-7-9-11-13-15-17-19-20-21-22-34-37-40-43-46-49-53-57-61-65-69-73-79(84)78(77-83)82-80(85)74-70-66-62-58-54-50-47-44-41-38-35-32-30-28-26-24-23-25-27-29-31-33-36-39-42-45-48-52-56-60-64-68-72-76-87-81(86)75-71-67-63-59-55-51-18-16-14-12-10-8-6-4-2/h27,29,33,36,78-79,83-84H,3-26,28,30-32,34-35,37-77H2,1-2H3,(H,82,85)/b29-27-,36-33-. The maximum Gasteiger partial charge on any atom is 0.305 e. The number of aliphatic hydroxyl groups is 2. The lowest BCUT2D eigenvalue weighted by molar-refractivity contribution is -0.143. The van der Waals surface area contributed by atoms with Gasteiger partial charge in [0, 0.05) is 12.8 Å². The first kappa shape index (κ1) is 85.3. The van der Waals surface area contributed by atoms with Crippen molar-refractivity contribution in [3.63, 3.8) is 0 Å². The zero-order valence-corrected chi connectivity index (χ0v) is 59.3. The van der Waals surface area contributed by atoms with E-state index in [1.54, 1.807) is 0 Å². The molecule has 2 atom stereocenters. The van der Waals surface area contributed by atoms with Crippen LogP contribution in [0.3, 0.4) is 0 Å². The molecule has 3 N–H and O–H groups in total. The molecule has 0 aliphatic heterocycles. The Morgan fingerprint density at radius 1 is 0.322 bits per heavy atom. The molecule has 0 saturated carbocycles. The summed E-state index contributed by atoms with van der Waals surface area (Å²) in [6.45, 7) is 5.01. The third-order valence-electron chi connectivity index (χ3n) is 19.0. The van der Waals surface area contributed by atoms with E-state index < -0.39 is 12.1 Å². The van der Waals surface area contributed by atoms with Gasteiger partial charge in [-0.25, -0.2) is 0 Å². The summed E-state index contributed by atoms with van der Waals surface area (Å²) < 4.78 is 5.49. The highest BCUT2D eigenvalue weighted by molar-refractivity contribution is 5.76. The number of carbonyl (C=O) groups excluding carboxylic acids is 2. The van der Waals surface area contributed by atoms with Crippen molar-refractivity contribution >= 4 is 11.9 Å². The minimum Gasteiger partial charge on any atom is -0.466 e. The Morgan fingerprint density at radius 3 is 0.874 bits per heavy atom. The zero-order valence-electron chi connectivity index (χ0n) is 59.3. The molecule has 0 rings (SSSR count). The lowest BCUT2D eigenvalue weighted by Crippen LogP contribution is -2.45. The average molecular weight is 1230 g/mol. The van der Waals surface area contributed by atoms with Gasteiger partial charge in [0.15, 0.2) is 0 Å². The largest absolute Gasteiger partial charge is 0.466 e. The molecule has 2 unspecified atom stereocenters. The van der Waals surface area contributed by atoms with Crippen LogP contribution in [0.5, 0.6) is 0 Å². The molecule has 0 radical (unpaired) electrons. The van der Waals surface area contributed by atoms with Crippen LogP contribution in [-0.2, 0) is 14.3 Å². The molecule has 1 amide bonds. The predicted octanol–water partition coefficient (Wildman–Crippen LogP) is 26.4. The Morgan fingerprint density at radius 2 is 0.575 bits per heavy atom. The van der Waals surface area contributed by atoms with Crippen LogP contribution in [-0.4, -0.2) is 47.4 Å². The molecule has 516 valence electrons. The highest BCUT2D eigenvalue weighted by Gasteiger charge is 2.20. The van der Waals surface area contributed by atoms with Crippen molar-refractivity contribution in [1.82, 2.24) is 5.32 Å². The van der Waals surface area contributed by atoms with E-state index in [0.717, 1.165) is 44.9 Å². The van der Waals surface area contributed by atoms with E-state index in [1.165, 1.54) is 379 Å². The third-order valence-corrected chi connectivity index (χ3v) is 19.0. The topological polar surface area (TPSA) is 95.9 Å². The number of carbonyl (C=O) groups is 2. The summed E-state index contributed by atoms with van der Waals surface area (Å²) in [5.74, 6) is -0.00989. The first-order valence-electron chi connectivity index (χ1n) is 40.1. The summed E-state index contributed by atoms with van der Waals surface area (Å²) in [5, 5.41) is 23.5. The van der Waals surface area contributed by atoms with Gasteiger partial charge in [0.1, 0.15) is 0 Å². The van der Waals surface area contributed by atoms with E-state index in [9.17, 15) is 19.8 Å². The number of unbranched alkanes of at least 4 members (excludes halogenated alkanes) is 61. The molecule has 0 heterocycles. The van der Waals surface area contributed by atoms with Crippen LogP contribution in [0, 0.1) is 0 Å². The second-order valence-corrected chi connectivity index (χ2v) is 27.8. The molecular formula is C81H157NO5. The van der Waals surface area contributed by atoms with Gasteiger partial charge in [-0.2, -0.15) is 0 Å². The van der Waals surface area contributed by atoms with Crippen LogP contribution < -0.4 is 5.32 Å². The average Bonchev–Trinajstić information content (AvgIpc) is 3.53. The Kier molecular flexibility index (Phi) is 75.3. The van der Waals surface area contributed by atoms with Gasteiger partial charge in [-0.05, 0) is 57.8 Å². The first-order chi connectivity index (χ1) is 43.0. The number of esters is 1. The van der Waals surface area contributed by atoms with Gasteiger partial charge < -0.3 is 20.3 Å². The van der Waals surface area contributed by atoms with Crippen molar-refractivity contribution in [3.05, 3.63) is 24.3 Å². The molecule has 0 aromatic carbocycles. The molecule has 0 aromatic rings. The molecule has 6 heteroatoms. The number of hydrogen-bond donors (Lipinski definition) is 3. The van der Waals surface area contributed by atoms with E-state index in [-0.39, 0.29) is 18.5 Å². The smallest absolute Gasteiger partial charge is 0.305 e. The number of rotatable bonds is 76. The number of ether oxygens (including phenoxy) is 1. The Bertz CT molecular complexity index is 1360. The lowest BCUT2D eigenvalue weighted by atomic mass is 10.0. The number of amides is 1. The maximum absolute atomic E-state index is 12.6. The number of nitrogens with one attached hydrogen (secondary N) is 1. The summed E-state index contributed by atoms with van der Waals surface area (Å²) in [7, 11) is 0. The highest BCUT2D eigenvalue weighted by Crippen LogP contribution is 2.20. The Labute approximate surface area is 545 Å². The Balaban J connectivity index is 3.37. The van der Waals surface area contributed by atoms with Crippen LogP contribution in [0.4, 0.5) is 0 Å². The molecule has 0 fully saturated rings. The fourth-order valence-electron chi connectivity index (χ4n) is 12.9. The van der Waals surface area contributed by atoms with Crippen molar-refractivity contribution < 1.29 is 24.5 Å². The quantitative estimate of drug-likeness (QED) is 0.0320. The van der Waals surface area contributed by atoms with E-state index >= 15 is 0 Å². The van der Waals surface area contributed by atoms with Crippen LogP contribution in [0.25, 0.3) is 0 Å². The summed E-state index contributed by atoms with van der Waals surface area (Å²) in [6.07, 6.45) is 98.4. The van der Waals surface area contributed by atoms with Crippen LogP contribution in [0.15, 0.2) is 24.3 Å². The van der Waals surface area contributed by atoms with E-state index in [4.69, 9.17) is 4.74 Å². The number of allylic oxidation sites excluding steroid dienone is 4. The fourth-order valence-corrected chi connectivity index (χ4v) is 12.9. The van der Waals surface area contributed by atoms with Gasteiger partial charge in [-0.1, -0.05) is 411 Å². The van der Waals surface area contributed by atoms with Crippen LogP contribution >= 0.6 is 0 Å². The molecular weight excluding hydrogens is 1070 g/mol. The van der Waals surface area contributed by atoms with Crippen molar-refractivity contribution in [1.29, 1.82) is 0 Å². The van der Waals surface area contributed by atoms with Crippen LogP contribution in [0.2, 0.25) is 0 Å². The molecule has 0 saturated heterocycles. The van der Waals surface area contributed by atoms with Gasteiger partial charge >= 0.3 is 5.97 Å². The van der Waals surface area contributed by atoms with Gasteiger partial charge in [-0.15, -0.1) is 0 Å². The second-order valence-electron chi connectivity index (χ2n) is 27.8. The second kappa shape index (κ2) is 76.8. The van der Waals surface area contributed by atoms with Crippen molar-refractivity contribution in [3.8, 4) is 0 Å². The van der Waals surface area contributed by atoms with Gasteiger partial charge in [-0.3, -0.25) is 9.59 Å². The van der Waals surface area contributed by atoms with Crippen LogP contribution in [0.1, 0.15) is 457 Å².